The van der Waals surface area contributed by atoms with E-state index in [-0.39, 0.29) is 17.4 Å². The summed E-state index contributed by atoms with van der Waals surface area (Å²) in [6.45, 7) is 0. The van der Waals surface area contributed by atoms with Crippen LogP contribution < -0.4 is 5.01 Å². The molecule has 1 aliphatic carbocycles. The van der Waals surface area contributed by atoms with Gasteiger partial charge in [-0.3, -0.25) is 4.79 Å². The normalized spacial score (nSPS) is 17.5. The predicted octanol–water partition coefficient (Wildman–Crippen LogP) is 3.16. The van der Waals surface area contributed by atoms with Gasteiger partial charge >= 0.3 is 5.97 Å². The number of hydrazone groups is 1. The summed E-state index contributed by atoms with van der Waals surface area (Å²) in [5.41, 5.74) is 3.85. The summed E-state index contributed by atoms with van der Waals surface area (Å²) in [4.78, 5) is 28.1. The molecule has 1 saturated carbocycles. The van der Waals surface area contributed by atoms with E-state index in [1.807, 2.05) is 30.3 Å². The fourth-order valence-corrected chi connectivity index (χ4v) is 3.38. The minimum absolute atomic E-state index is 0.167. The Labute approximate surface area is 171 Å². The van der Waals surface area contributed by atoms with E-state index in [1.54, 1.807) is 23.1 Å². The van der Waals surface area contributed by atoms with Crippen LogP contribution in [-0.4, -0.2) is 37.5 Å². The third-order valence-electron chi connectivity index (χ3n) is 5.12. The first kappa shape index (κ1) is 18.0. The van der Waals surface area contributed by atoms with Gasteiger partial charge in [-0.15, -0.1) is 0 Å². The first-order valence-electron chi connectivity index (χ1n) is 9.53. The summed E-state index contributed by atoms with van der Waals surface area (Å²) in [5.74, 6) is -0.926. The zero-order chi connectivity index (χ0) is 20.7. The topological polar surface area (TPSA) is 101 Å². The van der Waals surface area contributed by atoms with Crippen molar-refractivity contribution in [2.75, 3.05) is 5.01 Å². The average Bonchev–Trinajstić information content (AvgIpc) is 3.35. The Morgan fingerprint density at radius 1 is 1.03 bits per heavy atom. The highest BCUT2D eigenvalue weighted by molar-refractivity contribution is 6.33. The van der Waals surface area contributed by atoms with Gasteiger partial charge in [0.2, 0.25) is 0 Å². The van der Waals surface area contributed by atoms with Crippen LogP contribution in [0.15, 0.2) is 71.9 Å². The van der Waals surface area contributed by atoms with E-state index in [1.165, 1.54) is 23.5 Å². The molecular weight excluding hydrogens is 382 g/mol. The van der Waals surface area contributed by atoms with Gasteiger partial charge in [-0.2, -0.15) is 15.2 Å². The maximum atomic E-state index is 13.1. The van der Waals surface area contributed by atoms with Gasteiger partial charge in [-0.1, -0.05) is 12.1 Å². The van der Waals surface area contributed by atoms with Crippen LogP contribution in [0.5, 0.6) is 0 Å². The number of rotatable bonds is 5. The van der Waals surface area contributed by atoms with Gasteiger partial charge in [-0.25, -0.2) is 14.5 Å². The van der Waals surface area contributed by atoms with E-state index in [2.05, 4.69) is 15.2 Å². The van der Waals surface area contributed by atoms with E-state index in [9.17, 15) is 9.59 Å². The summed E-state index contributed by atoms with van der Waals surface area (Å²) >= 11 is 0. The number of aromatic carboxylic acids is 1. The molecule has 1 aliphatic heterocycles. The molecule has 0 saturated heterocycles. The highest BCUT2D eigenvalue weighted by Crippen LogP contribution is 2.38. The molecule has 0 bridgehead atoms. The van der Waals surface area contributed by atoms with Gasteiger partial charge in [0.15, 0.2) is 0 Å². The molecule has 0 unspecified atom stereocenters. The lowest BCUT2D eigenvalue weighted by Crippen LogP contribution is -2.21. The summed E-state index contributed by atoms with van der Waals surface area (Å²) in [7, 11) is 0. The van der Waals surface area contributed by atoms with Gasteiger partial charge in [0, 0.05) is 5.92 Å². The number of nitrogens with zero attached hydrogens (tertiary/aromatic N) is 5. The molecule has 30 heavy (non-hydrogen) atoms. The lowest BCUT2D eigenvalue weighted by atomic mass is 10.0. The Kier molecular flexibility index (Phi) is 4.24. The van der Waals surface area contributed by atoms with Crippen molar-refractivity contribution < 1.29 is 14.7 Å². The van der Waals surface area contributed by atoms with Crippen molar-refractivity contribution in [1.29, 1.82) is 0 Å². The summed E-state index contributed by atoms with van der Waals surface area (Å²) in [6.07, 6.45) is 6.99. The molecule has 0 radical (unpaired) electrons. The number of hydrogen-bond donors (Lipinski definition) is 1. The molecule has 5 rings (SSSR count). The number of carbonyl (C=O) groups excluding carboxylic acids is 1. The number of amides is 1. The molecule has 2 heterocycles. The first-order valence-corrected chi connectivity index (χ1v) is 9.53. The average molecular weight is 399 g/mol. The van der Waals surface area contributed by atoms with E-state index in [4.69, 9.17) is 5.11 Å². The molecule has 148 valence electrons. The smallest absolute Gasteiger partial charge is 0.335 e. The number of aromatic nitrogens is 3. The summed E-state index contributed by atoms with van der Waals surface area (Å²) < 4.78 is 1.66. The number of benzene rings is 2. The summed E-state index contributed by atoms with van der Waals surface area (Å²) in [5, 5.41) is 19.1. The number of carboxylic acid groups (broad SMARTS) is 1. The molecule has 2 aliphatic rings. The van der Waals surface area contributed by atoms with Gasteiger partial charge in [-0.05, 0) is 60.9 Å². The van der Waals surface area contributed by atoms with Gasteiger partial charge in [0.05, 0.1) is 28.2 Å². The Bertz CT molecular complexity index is 1170. The number of carbonyl (C=O) groups is 2. The van der Waals surface area contributed by atoms with Crippen LogP contribution in [0.25, 0.3) is 11.8 Å². The van der Waals surface area contributed by atoms with Crippen LogP contribution in [-0.2, 0) is 4.79 Å². The highest BCUT2D eigenvalue weighted by atomic mass is 16.4. The monoisotopic (exact) mass is 399 g/mol. The standard InChI is InChI=1S/C22H17N5O3/c28-21-19(11-14-1-7-17(8-2-14)26-13-23-12-24-26)20(15-3-4-15)25-27(21)18-9-5-16(6-10-18)22(29)30/h1-2,5-13,15H,3-4H2,(H,29,30)/b19-11-. The molecule has 0 atom stereocenters. The van der Waals surface area contributed by atoms with Crippen molar-refractivity contribution in [3.63, 3.8) is 0 Å². The number of carboxylic acids is 1. The molecule has 1 fully saturated rings. The van der Waals surface area contributed by atoms with Crippen LogP contribution in [0, 0.1) is 5.92 Å². The largest absolute Gasteiger partial charge is 0.478 e. The van der Waals surface area contributed by atoms with Gasteiger partial charge in [0.25, 0.3) is 5.91 Å². The van der Waals surface area contributed by atoms with Gasteiger partial charge in [0.1, 0.15) is 12.7 Å². The van der Waals surface area contributed by atoms with Gasteiger partial charge < -0.3 is 5.11 Å². The van der Waals surface area contributed by atoms with E-state index in [0.29, 0.717) is 11.3 Å². The lowest BCUT2D eigenvalue weighted by Gasteiger charge is -2.11. The molecule has 1 aromatic heterocycles. The van der Waals surface area contributed by atoms with Crippen LogP contribution in [0.2, 0.25) is 0 Å². The minimum atomic E-state index is -1.01. The van der Waals surface area contributed by atoms with Crippen LogP contribution in [0.4, 0.5) is 5.69 Å². The molecule has 1 N–H and O–H groups in total. The van der Waals surface area contributed by atoms with E-state index < -0.39 is 5.97 Å². The zero-order valence-electron chi connectivity index (χ0n) is 15.8. The van der Waals surface area contributed by atoms with Crippen molar-refractivity contribution in [2.45, 2.75) is 12.8 Å². The van der Waals surface area contributed by atoms with Crippen LogP contribution >= 0.6 is 0 Å². The second kappa shape index (κ2) is 7.07. The van der Waals surface area contributed by atoms with E-state index >= 15 is 0 Å². The lowest BCUT2D eigenvalue weighted by molar-refractivity contribution is -0.114. The number of anilines is 1. The Morgan fingerprint density at radius 2 is 1.73 bits per heavy atom. The molecule has 1 amide bonds. The quantitative estimate of drug-likeness (QED) is 0.664. The zero-order valence-corrected chi connectivity index (χ0v) is 15.8. The van der Waals surface area contributed by atoms with E-state index in [0.717, 1.165) is 29.8 Å². The minimum Gasteiger partial charge on any atom is -0.478 e. The second-order valence-corrected chi connectivity index (χ2v) is 7.22. The highest BCUT2D eigenvalue weighted by Gasteiger charge is 2.39. The molecule has 0 spiro atoms. The first-order chi connectivity index (χ1) is 14.6. The third kappa shape index (κ3) is 3.28. The summed E-state index contributed by atoms with van der Waals surface area (Å²) in [6, 6.07) is 13.8. The Morgan fingerprint density at radius 3 is 2.33 bits per heavy atom. The Balaban J connectivity index is 1.45. The molecule has 8 heteroatoms. The maximum absolute atomic E-state index is 13.1. The van der Waals surface area contributed by atoms with Crippen molar-refractivity contribution in [1.82, 2.24) is 14.8 Å². The van der Waals surface area contributed by atoms with Crippen molar-refractivity contribution >= 4 is 29.4 Å². The molecular formula is C22H17N5O3. The second-order valence-electron chi connectivity index (χ2n) is 7.22. The fraction of sp³-hybridized carbons (Fsp3) is 0.136. The van der Waals surface area contributed by atoms with Crippen LogP contribution in [0.1, 0.15) is 28.8 Å². The maximum Gasteiger partial charge on any atom is 0.335 e. The molecule has 3 aromatic rings. The van der Waals surface area contributed by atoms with Crippen LogP contribution in [0.3, 0.4) is 0 Å². The third-order valence-corrected chi connectivity index (χ3v) is 5.12. The predicted molar refractivity (Wildman–Crippen MR) is 110 cm³/mol. The fourth-order valence-electron chi connectivity index (χ4n) is 3.38. The van der Waals surface area contributed by atoms with Crippen molar-refractivity contribution in [2.24, 2.45) is 11.0 Å². The number of hydrogen-bond acceptors (Lipinski definition) is 5. The van der Waals surface area contributed by atoms with Crippen molar-refractivity contribution in [3.8, 4) is 5.69 Å². The molecule has 8 nitrogen and oxygen atoms in total. The SMILES string of the molecule is O=C(O)c1ccc(N2N=C(C3CC3)/C(=C/c3ccc(-n4cncn4)cc3)C2=O)cc1. The van der Waals surface area contributed by atoms with Crippen molar-refractivity contribution in [3.05, 3.63) is 77.9 Å². The Hall–Kier alpha value is -4.07. The molecule has 2 aromatic carbocycles.